The molecular formula is C29H38N4O8S. The van der Waals surface area contributed by atoms with Crippen molar-refractivity contribution in [1.82, 2.24) is 9.62 Å². The van der Waals surface area contributed by atoms with E-state index in [1.165, 1.54) is 12.0 Å². The number of rotatable bonds is 9. The fourth-order valence-electron chi connectivity index (χ4n) is 4.11. The average Bonchev–Trinajstić information content (AvgIpc) is 2.89. The lowest BCUT2D eigenvalue weighted by Crippen LogP contribution is -2.49. The van der Waals surface area contributed by atoms with Crippen molar-refractivity contribution in [2.45, 2.75) is 59.9 Å². The smallest absolute Gasteiger partial charge is 0.328 e. The van der Waals surface area contributed by atoms with Crippen LogP contribution >= 0.6 is 0 Å². The summed E-state index contributed by atoms with van der Waals surface area (Å²) in [6, 6.07) is 9.39. The van der Waals surface area contributed by atoms with Gasteiger partial charge in [-0.15, -0.1) is 0 Å². The monoisotopic (exact) mass is 602 g/mol. The number of hydrogen-bond acceptors (Lipinski definition) is 7. The largest absolute Gasteiger partial charge is 0.496 e. The van der Waals surface area contributed by atoms with E-state index in [9.17, 15) is 27.9 Å². The number of carbonyl (C=O) groups excluding carboxylic acids is 4. The predicted molar refractivity (Wildman–Crippen MR) is 158 cm³/mol. The van der Waals surface area contributed by atoms with Crippen LogP contribution in [0.3, 0.4) is 0 Å². The lowest BCUT2D eigenvalue weighted by Gasteiger charge is -2.30. The van der Waals surface area contributed by atoms with Gasteiger partial charge in [-0.1, -0.05) is 32.9 Å². The number of carbonyl (C=O) groups is 4. The van der Waals surface area contributed by atoms with Crippen molar-refractivity contribution < 1.29 is 37.4 Å². The molecule has 0 saturated carbocycles. The number of amides is 4. The minimum atomic E-state index is -2.39. The van der Waals surface area contributed by atoms with E-state index in [1.807, 2.05) is 20.8 Å². The molecule has 0 radical (unpaired) electrons. The summed E-state index contributed by atoms with van der Waals surface area (Å²) in [4.78, 5) is 51.2. The van der Waals surface area contributed by atoms with Gasteiger partial charge in [-0.3, -0.25) is 29.2 Å². The predicted octanol–water partition coefficient (Wildman–Crippen LogP) is 4.18. The molecule has 1 unspecified atom stereocenters. The van der Waals surface area contributed by atoms with Crippen molar-refractivity contribution in [1.29, 1.82) is 0 Å². The Hall–Kier alpha value is -3.81. The van der Waals surface area contributed by atoms with Crippen molar-refractivity contribution in [3.63, 3.8) is 0 Å². The zero-order chi connectivity index (χ0) is 31.4. The van der Waals surface area contributed by atoms with Crippen molar-refractivity contribution in [2.75, 3.05) is 30.6 Å². The van der Waals surface area contributed by atoms with E-state index in [4.69, 9.17) is 9.47 Å². The number of ether oxygens (including phenoxy) is 2. The van der Waals surface area contributed by atoms with E-state index in [0.717, 1.165) is 4.31 Å². The number of imide groups is 1. The van der Waals surface area contributed by atoms with Crippen molar-refractivity contribution in [3.05, 3.63) is 53.1 Å². The van der Waals surface area contributed by atoms with E-state index >= 15 is 0 Å². The third kappa shape index (κ3) is 8.14. The molecular weight excluding hydrogens is 564 g/mol. The minimum Gasteiger partial charge on any atom is -0.496 e. The molecule has 2 aromatic carbocycles. The first-order valence-electron chi connectivity index (χ1n) is 13.3. The summed E-state index contributed by atoms with van der Waals surface area (Å²) >= 11 is -2.39. The maximum atomic E-state index is 13.5. The molecule has 0 bridgehead atoms. The van der Waals surface area contributed by atoms with Crippen LogP contribution in [0.4, 0.5) is 16.2 Å². The normalized spacial score (nSPS) is 14.8. The first-order valence-corrected chi connectivity index (χ1v) is 14.3. The van der Waals surface area contributed by atoms with Gasteiger partial charge in [-0.25, -0.2) is 9.00 Å². The summed E-state index contributed by atoms with van der Waals surface area (Å²) in [6.45, 7) is 10.8. The first kappa shape index (κ1) is 32.7. The number of nitrogens with one attached hydrogen (secondary N) is 2. The fraction of sp³-hybridized carbons (Fsp3) is 0.448. The van der Waals surface area contributed by atoms with Gasteiger partial charge in [-0.2, -0.15) is 4.31 Å². The molecule has 1 saturated heterocycles. The number of nitrogens with zero attached hydrogens (tertiary/aromatic N) is 2. The van der Waals surface area contributed by atoms with Crippen molar-refractivity contribution >= 4 is 46.5 Å². The highest BCUT2D eigenvalue weighted by atomic mass is 32.2. The summed E-state index contributed by atoms with van der Waals surface area (Å²) in [5.74, 6) is -0.978. The molecule has 1 aliphatic heterocycles. The molecule has 0 aromatic heterocycles. The van der Waals surface area contributed by atoms with Gasteiger partial charge >= 0.3 is 12.0 Å². The highest BCUT2D eigenvalue weighted by Crippen LogP contribution is 2.38. The van der Waals surface area contributed by atoms with Gasteiger partial charge in [-0.05, 0) is 56.0 Å². The van der Waals surface area contributed by atoms with Crippen LogP contribution in [0.2, 0.25) is 0 Å². The van der Waals surface area contributed by atoms with Gasteiger partial charge in [0.1, 0.15) is 5.75 Å². The molecule has 42 heavy (non-hydrogen) atoms. The fourth-order valence-corrected chi connectivity index (χ4v) is 4.52. The van der Waals surface area contributed by atoms with Crippen molar-refractivity contribution in [2.24, 2.45) is 5.41 Å². The summed E-state index contributed by atoms with van der Waals surface area (Å²) < 4.78 is 33.4. The van der Waals surface area contributed by atoms with E-state index in [-0.39, 0.29) is 37.7 Å². The van der Waals surface area contributed by atoms with Crippen LogP contribution in [-0.2, 0) is 37.6 Å². The Morgan fingerprint density at radius 2 is 1.74 bits per heavy atom. The molecule has 3 rings (SSSR count). The number of anilines is 2. The summed E-state index contributed by atoms with van der Waals surface area (Å²) in [5.41, 5.74) is 1.26. The third-order valence-corrected chi connectivity index (χ3v) is 7.12. The first-order chi connectivity index (χ1) is 19.5. The average molecular weight is 603 g/mol. The Morgan fingerprint density at radius 1 is 1.10 bits per heavy atom. The second-order valence-corrected chi connectivity index (χ2v) is 12.9. The van der Waals surface area contributed by atoms with Crippen LogP contribution in [-0.4, -0.2) is 57.3 Å². The van der Waals surface area contributed by atoms with Gasteiger partial charge in [0.15, 0.2) is 6.73 Å². The van der Waals surface area contributed by atoms with Crippen LogP contribution in [0.15, 0.2) is 36.4 Å². The Balaban J connectivity index is 1.83. The zero-order valence-corrected chi connectivity index (χ0v) is 25.7. The molecule has 1 atom stereocenters. The molecule has 0 aliphatic carbocycles. The Kier molecular flexibility index (Phi) is 10.1. The number of urea groups is 1. The Labute approximate surface area is 248 Å². The number of benzene rings is 2. The molecule has 12 nitrogen and oxygen atoms in total. The third-order valence-electron chi connectivity index (χ3n) is 6.44. The SMILES string of the molecule is COc1c(C(=O)Nc2ccc(CN(COC(=O)C(C)(C)C)S(=O)O)cc2)cc(N2CCC(=O)NC2=O)cc1C(C)(C)C. The summed E-state index contributed by atoms with van der Waals surface area (Å²) in [7, 11) is 1.47. The molecule has 228 valence electrons. The lowest BCUT2D eigenvalue weighted by atomic mass is 9.84. The quantitative estimate of drug-likeness (QED) is 0.219. The molecule has 3 N–H and O–H groups in total. The number of methoxy groups -OCH3 is 1. The zero-order valence-electron chi connectivity index (χ0n) is 24.9. The highest BCUT2D eigenvalue weighted by Gasteiger charge is 2.30. The van der Waals surface area contributed by atoms with E-state index < -0.39 is 40.0 Å². The van der Waals surface area contributed by atoms with Gasteiger partial charge in [0.2, 0.25) is 17.2 Å². The Bertz CT molecular complexity index is 1380. The molecule has 13 heteroatoms. The van der Waals surface area contributed by atoms with E-state index in [2.05, 4.69) is 10.6 Å². The maximum absolute atomic E-state index is 13.5. The summed E-state index contributed by atoms with van der Waals surface area (Å²) in [6.07, 6.45) is 0.136. The number of esters is 1. The van der Waals surface area contributed by atoms with E-state index in [0.29, 0.717) is 28.3 Å². The molecule has 0 spiro atoms. The van der Waals surface area contributed by atoms with Gasteiger partial charge in [0, 0.05) is 36.4 Å². The number of hydrogen-bond donors (Lipinski definition) is 3. The standard InChI is InChI=1S/C29H38N4O8S/c1-28(2,3)22-15-20(33-13-12-23(34)31-27(33)37)14-21(24(22)40-7)25(35)30-19-10-8-18(9-11-19)16-32(42(38)39)17-41-26(36)29(4,5)6/h8-11,14-15H,12-13,16-17H2,1-7H3,(H,30,35)(H,38,39)(H,31,34,37). The van der Waals surface area contributed by atoms with Crippen LogP contribution in [0.25, 0.3) is 0 Å². The maximum Gasteiger partial charge on any atom is 0.328 e. The molecule has 1 heterocycles. The van der Waals surface area contributed by atoms with Crippen LogP contribution in [0.1, 0.15) is 69.4 Å². The Morgan fingerprint density at radius 3 is 2.26 bits per heavy atom. The minimum absolute atomic E-state index is 0.0139. The van der Waals surface area contributed by atoms with Crippen LogP contribution in [0, 0.1) is 5.41 Å². The van der Waals surface area contributed by atoms with E-state index in [1.54, 1.807) is 57.2 Å². The molecule has 2 aromatic rings. The molecule has 4 amide bonds. The van der Waals surface area contributed by atoms with Gasteiger partial charge < -0.3 is 14.8 Å². The van der Waals surface area contributed by atoms with Crippen LogP contribution < -0.4 is 20.3 Å². The van der Waals surface area contributed by atoms with Gasteiger partial charge in [0.05, 0.1) is 18.1 Å². The summed E-state index contributed by atoms with van der Waals surface area (Å²) in [5, 5.41) is 5.14. The topological polar surface area (TPSA) is 155 Å². The van der Waals surface area contributed by atoms with Crippen LogP contribution in [0.5, 0.6) is 5.75 Å². The lowest BCUT2D eigenvalue weighted by molar-refractivity contribution is -0.156. The molecule has 1 fully saturated rings. The highest BCUT2D eigenvalue weighted by molar-refractivity contribution is 7.76. The second kappa shape index (κ2) is 13.0. The van der Waals surface area contributed by atoms with Crippen molar-refractivity contribution in [3.8, 4) is 5.75 Å². The van der Waals surface area contributed by atoms with Gasteiger partial charge in [0.25, 0.3) is 5.91 Å². The second-order valence-electron chi connectivity index (χ2n) is 11.9. The molecule has 1 aliphatic rings.